The number of hydrogen-bond donors (Lipinski definition) is 0. The van der Waals surface area contributed by atoms with Crippen molar-refractivity contribution >= 4 is 27.5 Å². The molecule has 3 atom stereocenters. The summed E-state index contributed by atoms with van der Waals surface area (Å²) in [5.74, 6) is 0.203. The molecule has 1 heterocycles. The Hall–Kier alpha value is -0.120. The van der Waals surface area contributed by atoms with Crippen LogP contribution >= 0.6 is 27.5 Å². The van der Waals surface area contributed by atoms with Crippen LogP contribution in [0.5, 0.6) is 0 Å². The fraction of sp³-hybridized carbons (Fsp3) is 0.538. The Kier molecular flexibility index (Phi) is 4.45. The predicted molar refractivity (Wildman–Crippen MR) is 71.4 cm³/mol. The summed E-state index contributed by atoms with van der Waals surface area (Å²) in [6.07, 6.45) is 1.92. The van der Waals surface area contributed by atoms with Crippen molar-refractivity contribution in [1.29, 1.82) is 0 Å². The minimum atomic E-state index is -0.228. The molecule has 0 N–H and O–H groups in total. The van der Waals surface area contributed by atoms with Crippen LogP contribution in [0, 0.1) is 11.7 Å². The van der Waals surface area contributed by atoms with E-state index in [0.717, 1.165) is 13.0 Å². The van der Waals surface area contributed by atoms with E-state index < -0.39 is 0 Å². The lowest BCUT2D eigenvalue weighted by atomic mass is 9.97. The number of benzene rings is 1. The Morgan fingerprint density at radius 1 is 1.59 bits per heavy atom. The Labute approximate surface area is 114 Å². The van der Waals surface area contributed by atoms with Crippen molar-refractivity contribution in [3.8, 4) is 0 Å². The number of hydrogen-bond acceptors (Lipinski definition) is 1. The van der Waals surface area contributed by atoms with E-state index >= 15 is 0 Å². The normalized spacial score (nSPS) is 26.1. The van der Waals surface area contributed by atoms with Gasteiger partial charge in [-0.2, -0.15) is 0 Å². The molecule has 3 unspecified atom stereocenters. The Bertz CT molecular complexity index is 379. The van der Waals surface area contributed by atoms with Crippen LogP contribution in [0.3, 0.4) is 0 Å². The van der Waals surface area contributed by atoms with E-state index in [-0.39, 0.29) is 10.6 Å². The lowest BCUT2D eigenvalue weighted by Gasteiger charge is -2.17. The summed E-state index contributed by atoms with van der Waals surface area (Å²) in [4.78, 5) is 0.210. The van der Waals surface area contributed by atoms with Crippen LogP contribution in [-0.4, -0.2) is 17.5 Å². The highest BCUT2D eigenvalue weighted by atomic mass is 79.9. The van der Waals surface area contributed by atoms with Gasteiger partial charge in [0.1, 0.15) is 5.82 Å². The summed E-state index contributed by atoms with van der Waals surface area (Å²) in [5.41, 5.74) is 0.593. The first-order valence-corrected chi connectivity index (χ1v) is 7.06. The fourth-order valence-corrected chi connectivity index (χ4v) is 3.12. The average Bonchev–Trinajstić information content (AvgIpc) is 2.70. The van der Waals surface area contributed by atoms with Gasteiger partial charge in [0.2, 0.25) is 0 Å². The van der Waals surface area contributed by atoms with E-state index in [1.807, 2.05) is 0 Å². The molecular weight excluding hydrogens is 306 g/mol. The van der Waals surface area contributed by atoms with E-state index in [4.69, 9.17) is 16.3 Å². The first kappa shape index (κ1) is 13.3. The zero-order valence-corrected chi connectivity index (χ0v) is 12.0. The summed E-state index contributed by atoms with van der Waals surface area (Å²) < 4.78 is 19.2. The van der Waals surface area contributed by atoms with Gasteiger partial charge in [0.25, 0.3) is 0 Å². The zero-order valence-electron chi connectivity index (χ0n) is 9.63. The molecule has 1 aromatic rings. The van der Waals surface area contributed by atoms with E-state index in [9.17, 15) is 4.39 Å². The van der Waals surface area contributed by atoms with Crippen molar-refractivity contribution in [2.45, 2.75) is 30.7 Å². The molecule has 0 bridgehead atoms. The second kappa shape index (κ2) is 5.68. The molecule has 0 amide bonds. The third-order valence-electron chi connectivity index (χ3n) is 3.20. The summed E-state index contributed by atoms with van der Waals surface area (Å²) in [7, 11) is 0. The minimum Gasteiger partial charge on any atom is -0.378 e. The van der Waals surface area contributed by atoms with Crippen LogP contribution in [0.4, 0.5) is 4.39 Å². The van der Waals surface area contributed by atoms with Crippen molar-refractivity contribution in [2.75, 3.05) is 6.61 Å². The molecule has 4 heteroatoms. The molecule has 1 fully saturated rings. The van der Waals surface area contributed by atoms with Crippen molar-refractivity contribution in [1.82, 2.24) is 0 Å². The molecule has 0 saturated carbocycles. The van der Waals surface area contributed by atoms with Gasteiger partial charge in [-0.15, -0.1) is 0 Å². The second-order valence-electron chi connectivity index (χ2n) is 4.56. The summed E-state index contributed by atoms with van der Waals surface area (Å²) >= 11 is 9.65. The SMILES string of the molecule is CC1CC(C(Br)Cc2c(F)cccc2Cl)CO1. The second-order valence-corrected chi connectivity index (χ2v) is 6.14. The van der Waals surface area contributed by atoms with E-state index in [0.29, 0.717) is 29.0 Å². The van der Waals surface area contributed by atoms with Crippen LogP contribution in [0.25, 0.3) is 0 Å². The molecule has 17 heavy (non-hydrogen) atoms. The molecule has 1 aliphatic heterocycles. The van der Waals surface area contributed by atoms with Crippen molar-refractivity contribution in [3.63, 3.8) is 0 Å². The molecule has 0 spiro atoms. The first-order chi connectivity index (χ1) is 8.08. The van der Waals surface area contributed by atoms with E-state index in [1.54, 1.807) is 12.1 Å². The van der Waals surface area contributed by atoms with Gasteiger partial charge < -0.3 is 4.74 Å². The molecule has 1 saturated heterocycles. The highest BCUT2D eigenvalue weighted by molar-refractivity contribution is 9.09. The molecule has 1 aliphatic rings. The number of alkyl halides is 1. The molecule has 0 radical (unpaired) electrons. The molecule has 1 aromatic carbocycles. The van der Waals surface area contributed by atoms with Gasteiger partial charge in [0, 0.05) is 15.4 Å². The maximum Gasteiger partial charge on any atom is 0.127 e. The fourth-order valence-electron chi connectivity index (χ4n) is 2.19. The standard InChI is InChI=1S/C13H15BrClFO/c1-8-5-9(7-17-8)11(14)6-10-12(15)3-2-4-13(10)16/h2-4,8-9,11H,5-7H2,1H3. The van der Waals surface area contributed by atoms with E-state index in [1.165, 1.54) is 6.07 Å². The van der Waals surface area contributed by atoms with Crippen molar-refractivity contribution < 1.29 is 9.13 Å². The van der Waals surface area contributed by atoms with Gasteiger partial charge in [-0.25, -0.2) is 4.39 Å². The number of halogens is 3. The number of rotatable bonds is 3. The monoisotopic (exact) mass is 320 g/mol. The zero-order chi connectivity index (χ0) is 12.4. The van der Waals surface area contributed by atoms with Crippen LogP contribution in [0.2, 0.25) is 5.02 Å². The molecular formula is C13H15BrClFO. The molecule has 0 aromatic heterocycles. The highest BCUT2D eigenvalue weighted by Gasteiger charge is 2.29. The van der Waals surface area contributed by atoms with Gasteiger partial charge in [-0.3, -0.25) is 0 Å². The molecule has 0 aliphatic carbocycles. The Balaban J connectivity index is 2.05. The van der Waals surface area contributed by atoms with Gasteiger partial charge >= 0.3 is 0 Å². The smallest absolute Gasteiger partial charge is 0.127 e. The maximum absolute atomic E-state index is 13.6. The summed E-state index contributed by atoms with van der Waals surface area (Å²) in [6.45, 7) is 2.80. The summed E-state index contributed by atoms with van der Waals surface area (Å²) in [6, 6.07) is 4.81. The lowest BCUT2D eigenvalue weighted by molar-refractivity contribution is 0.120. The molecule has 94 valence electrons. The van der Waals surface area contributed by atoms with Gasteiger partial charge in [-0.1, -0.05) is 33.6 Å². The predicted octanol–water partition coefficient (Wildman–Crippen LogP) is 4.21. The average molecular weight is 322 g/mol. The van der Waals surface area contributed by atoms with Gasteiger partial charge in [0.15, 0.2) is 0 Å². The number of ether oxygens (including phenoxy) is 1. The summed E-state index contributed by atoms with van der Waals surface area (Å²) in [5, 5.41) is 0.501. The lowest BCUT2D eigenvalue weighted by Crippen LogP contribution is -2.18. The van der Waals surface area contributed by atoms with Crippen LogP contribution in [0.1, 0.15) is 18.9 Å². The molecule has 1 nitrogen and oxygen atoms in total. The van der Waals surface area contributed by atoms with Crippen molar-refractivity contribution in [3.05, 3.63) is 34.6 Å². The van der Waals surface area contributed by atoms with Gasteiger partial charge in [0.05, 0.1) is 12.7 Å². The Morgan fingerprint density at radius 3 is 2.94 bits per heavy atom. The van der Waals surface area contributed by atoms with Gasteiger partial charge in [-0.05, 0) is 37.8 Å². The minimum absolute atomic E-state index is 0.210. The third kappa shape index (κ3) is 3.21. The third-order valence-corrected chi connectivity index (χ3v) is 4.63. The van der Waals surface area contributed by atoms with E-state index in [2.05, 4.69) is 22.9 Å². The highest BCUT2D eigenvalue weighted by Crippen LogP contribution is 2.31. The quantitative estimate of drug-likeness (QED) is 0.758. The Morgan fingerprint density at radius 2 is 2.35 bits per heavy atom. The first-order valence-electron chi connectivity index (χ1n) is 5.76. The van der Waals surface area contributed by atoms with Crippen LogP contribution in [0.15, 0.2) is 18.2 Å². The van der Waals surface area contributed by atoms with Crippen LogP contribution in [-0.2, 0) is 11.2 Å². The molecule has 2 rings (SSSR count). The maximum atomic E-state index is 13.6. The largest absolute Gasteiger partial charge is 0.378 e. The topological polar surface area (TPSA) is 9.23 Å². The van der Waals surface area contributed by atoms with Crippen LogP contribution < -0.4 is 0 Å². The van der Waals surface area contributed by atoms with Crippen molar-refractivity contribution in [2.24, 2.45) is 5.92 Å².